The minimum atomic E-state index is -2.53. The fraction of sp³-hybridized carbons (Fsp3) is 0.417. The predicted molar refractivity (Wildman–Crippen MR) is 116 cm³/mol. The number of H-pyrrole nitrogens is 1. The summed E-state index contributed by atoms with van der Waals surface area (Å²) in [6.07, 6.45) is 0.811. The van der Waals surface area contributed by atoms with Crippen molar-refractivity contribution in [3.8, 4) is 11.3 Å². The van der Waals surface area contributed by atoms with E-state index < -0.39 is 5.92 Å². The topological polar surface area (TPSA) is 46.3 Å². The number of hydrogen-bond donors (Lipinski definition) is 2. The van der Waals surface area contributed by atoms with Gasteiger partial charge in [-0.15, -0.1) is 0 Å². The lowest BCUT2D eigenvalue weighted by Gasteiger charge is -2.29. The van der Waals surface area contributed by atoms with Crippen LogP contribution in [0.15, 0.2) is 48.5 Å². The summed E-state index contributed by atoms with van der Waals surface area (Å²) in [5, 5.41) is 4.60. The average Bonchev–Trinajstić information content (AvgIpc) is 3.18. The van der Waals surface area contributed by atoms with Gasteiger partial charge >= 0.3 is 0 Å². The second-order valence-corrected chi connectivity index (χ2v) is 7.98. The van der Waals surface area contributed by atoms with Gasteiger partial charge in [-0.2, -0.15) is 0 Å². The van der Waals surface area contributed by atoms with Gasteiger partial charge in [0.15, 0.2) is 0 Å². The molecule has 6 heteroatoms. The van der Waals surface area contributed by atoms with Gasteiger partial charge in [-0.05, 0) is 42.2 Å². The summed E-state index contributed by atoms with van der Waals surface area (Å²) in [4.78, 5) is 3.52. The standard InChI is InChI=1S/C24H28F2N2O2/c1-29-11-12-30-16-17-13-19-15-21(18-5-3-2-4-6-18)28-23(19)22(14-17)27-20-7-9-24(25,26)10-8-20/h2-6,13-15,20,27-28H,7-12,16H2,1H3. The van der Waals surface area contributed by atoms with Crippen LogP contribution < -0.4 is 5.32 Å². The van der Waals surface area contributed by atoms with E-state index in [9.17, 15) is 8.78 Å². The van der Waals surface area contributed by atoms with Crippen molar-refractivity contribution in [2.75, 3.05) is 25.6 Å². The molecule has 1 aromatic heterocycles. The minimum Gasteiger partial charge on any atom is -0.382 e. The van der Waals surface area contributed by atoms with Crippen LogP contribution in [0.5, 0.6) is 0 Å². The molecule has 30 heavy (non-hydrogen) atoms. The zero-order valence-corrected chi connectivity index (χ0v) is 17.2. The van der Waals surface area contributed by atoms with Gasteiger partial charge < -0.3 is 19.8 Å². The van der Waals surface area contributed by atoms with Crippen LogP contribution in [0.4, 0.5) is 14.5 Å². The number of rotatable bonds is 8. The summed E-state index contributed by atoms with van der Waals surface area (Å²) in [6.45, 7) is 1.55. The van der Waals surface area contributed by atoms with E-state index in [0.29, 0.717) is 32.7 Å². The highest BCUT2D eigenvalue weighted by Crippen LogP contribution is 2.36. The summed E-state index contributed by atoms with van der Waals surface area (Å²) in [5.41, 5.74) is 5.11. The highest BCUT2D eigenvalue weighted by Gasteiger charge is 2.35. The predicted octanol–water partition coefficient (Wildman–Crippen LogP) is 5.99. The van der Waals surface area contributed by atoms with Crippen LogP contribution in [0.3, 0.4) is 0 Å². The Balaban J connectivity index is 1.62. The van der Waals surface area contributed by atoms with Crippen LogP contribution in [0.25, 0.3) is 22.2 Å². The first-order valence-electron chi connectivity index (χ1n) is 10.5. The molecule has 1 aliphatic rings. The number of fused-ring (bicyclic) bond motifs is 1. The zero-order valence-electron chi connectivity index (χ0n) is 17.2. The summed E-state index contributed by atoms with van der Waals surface area (Å²) in [5.74, 6) is -2.53. The summed E-state index contributed by atoms with van der Waals surface area (Å²) >= 11 is 0. The molecular weight excluding hydrogens is 386 g/mol. The molecule has 3 aromatic rings. The summed E-state index contributed by atoms with van der Waals surface area (Å²) in [7, 11) is 1.65. The van der Waals surface area contributed by atoms with E-state index in [-0.39, 0.29) is 18.9 Å². The van der Waals surface area contributed by atoms with Crippen molar-refractivity contribution in [1.82, 2.24) is 4.98 Å². The fourth-order valence-corrected chi connectivity index (χ4v) is 4.01. The molecule has 0 saturated heterocycles. The van der Waals surface area contributed by atoms with Gasteiger partial charge in [-0.1, -0.05) is 30.3 Å². The number of benzene rings is 2. The molecule has 160 valence electrons. The van der Waals surface area contributed by atoms with Crippen LogP contribution >= 0.6 is 0 Å². The molecule has 2 N–H and O–H groups in total. The largest absolute Gasteiger partial charge is 0.382 e. The van der Waals surface area contributed by atoms with Gasteiger partial charge in [0, 0.05) is 37.1 Å². The maximum absolute atomic E-state index is 13.6. The molecule has 1 heterocycles. The number of aromatic amines is 1. The summed E-state index contributed by atoms with van der Waals surface area (Å²) < 4.78 is 37.9. The molecule has 0 atom stereocenters. The van der Waals surface area contributed by atoms with E-state index in [1.54, 1.807) is 7.11 Å². The number of nitrogens with one attached hydrogen (secondary N) is 2. The number of aromatic nitrogens is 1. The number of methoxy groups -OCH3 is 1. The highest BCUT2D eigenvalue weighted by atomic mass is 19.3. The van der Waals surface area contributed by atoms with Gasteiger partial charge in [0.25, 0.3) is 0 Å². The second kappa shape index (κ2) is 9.14. The van der Waals surface area contributed by atoms with Crippen molar-refractivity contribution in [3.63, 3.8) is 0 Å². The Labute approximate surface area is 175 Å². The van der Waals surface area contributed by atoms with Gasteiger partial charge in [0.1, 0.15) is 0 Å². The molecule has 2 aromatic carbocycles. The molecule has 1 saturated carbocycles. The number of halogens is 2. The molecule has 0 bridgehead atoms. The van der Waals surface area contributed by atoms with E-state index in [1.807, 2.05) is 18.2 Å². The van der Waals surface area contributed by atoms with Crippen LogP contribution in [-0.4, -0.2) is 37.3 Å². The first-order valence-corrected chi connectivity index (χ1v) is 10.5. The average molecular weight is 414 g/mol. The van der Waals surface area contributed by atoms with Crippen molar-refractivity contribution in [3.05, 3.63) is 54.1 Å². The van der Waals surface area contributed by atoms with Crippen molar-refractivity contribution in [2.45, 2.75) is 44.3 Å². The lowest BCUT2D eigenvalue weighted by atomic mass is 9.92. The SMILES string of the molecule is COCCOCc1cc(NC2CCC(F)(F)CC2)c2[nH]c(-c3ccccc3)cc2c1. The highest BCUT2D eigenvalue weighted by molar-refractivity contribution is 5.95. The molecule has 0 amide bonds. The molecule has 4 rings (SSSR count). The van der Waals surface area contributed by atoms with Crippen molar-refractivity contribution < 1.29 is 18.3 Å². The van der Waals surface area contributed by atoms with E-state index >= 15 is 0 Å². The van der Waals surface area contributed by atoms with E-state index in [4.69, 9.17) is 9.47 Å². The molecule has 4 nitrogen and oxygen atoms in total. The number of alkyl halides is 2. The third-order valence-corrected chi connectivity index (χ3v) is 5.65. The molecule has 0 aliphatic heterocycles. The fourth-order valence-electron chi connectivity index (χ4n) is 4.01. The Kier molecular flexibility index (Phi) is 6.35. The van der Waals surface area contributed by atoms with Crippen LogP contribution in [0.2, 0.25) is 0 Å². The van der Waals surface area contributed by atoms with Crippen LogP contribution in [0, 0.1) is 0 Å². The van der Waals surface area contributed by atoms with E-state index in [2.05, 4.69) is 40.6 Å². The Bertz CT molecular complexity index is 962. The molecule has 0 spiro atoms. The van der Waals surface area contributed by atoms with Gasteiger partial charge in [0.2, 0.25) is 5.92 Å². The summed E-state index contributed by atoms with van der Waals surface area (Å²) in [6, 6.07) is 16.5. The number of ether oxygens (including phenoxy) is 2. The first-order chi connectivity index (χ1) is 14.5. The van der Waals surface area contributed by atoms with Crippen LogP contribution in [0.1, 0.15) is 31.2 Å². The first kappa shape index (κ1) is 20.8. The lowest BCUT2D eigenvalue weighted by Crippen LogP contribution is -2.32. The second-order valence-electron chi connectivity index (χ2n) is 7.98. The monoisotopic (exact) mass is 414 g/mol. The Morgan fingerprint density at radius 2 is 1.83 bits per heavy atom. The van der Waals surface area contributed by atoms with E-state index in [0.717, 1.165) is 33.4 Å². The quantitative estimate of drug-likeness (QED) is 0.445. The molecular formula is C24H28F2N2O2. The van der Waals surface area contributed by atoms with Gasteiger partial charge in [0.05, 0.1) is 31.0 Å². The van der Waals surface area contributed by atoms with Crippen molar-refractivity contribution in [2.24, 2.45) is 0 Å². The lowest BCUT2D eigenvalue weighted by molar-refractivity contribution is -0.0360. The molecule has 1 fully saturated rings. The molecule has 1 aliphatic carbocycles. The number of hydrogen-bond acceptors (Lipinski definition) is 3. The van der Waals surface area contributed by atoms with Crippen molar-refractivity contribution in [1.29, 1.82) is 0 Å². The van der Waals surface area contributed by atoms with Crippen LogP contribution in [-0.2, 0) is 16.1 Å². The maximum Gasteiger partial charge on any atom is 0.248 e. The van der Waals surface area contributed by atoms with Gasteiger partial charge in [-0.25, -0.2) is 8.78 Å². The third-order valence-electron chi connectivity index (χ3n) is 5.65. The Morgan fingerprint density at radius 1 is 1.07 bits per heavy atom. The minimum absolute atomic E-state index is 0.0426. The maximum atomic E-state index is 13.6. The van der Waals surface area contributed by atoms with Gasteiger partial charge in [-0.3, -0.25) is 0 Å². The smallest absolute Gasteiger partial charge is 0.248 e. The third kappa shape index (κ3) is 4.99. The number of anilines is 1. The Morgan fingerprint density at radius 3 is 2.57 bits per heavy atom. The molecule has 0 radical (unpaired) electrons. The zero-order chi connectivity index (χ0) is 21.0. The van der Waals surface area contributed by atoms with Crippen molar-refractivity contribution >= 4 is 16.6 Å². The Hall–Kier alpha value is -2.44. The normalized spacial score (nSPS) is 16.8. The molecule has 0 unspecified atom stereocenters. The van der Waals surface area contributed by atoms with E-state index in [1.165, 1.54) is 0 Å².